The van der Waals surface area contributed by atoms with E-state index >= 15 is 0 Å². The average Bonchev–Trinajstić information content (AvgIpc) is 3.07. The molecule has 0 unspecified atom stereocenters. The van der Waals surface area contributed by atoms with Gasteiger partial charge in [-0.3, -0.25) is 14.4 Å². The zero-order valence-corrected chi connectivity index (χ0v) is 15.3. The Bertz CT molecular complexity index is 1030. The second-order valence-electron chi connectivity index (χ2n) is 5.49. The number of anilines is 1. The number of hydrogen-bond acceptors (Lipinski definition) is 6. The van der Waals surface area contributed by atoms with E-state index in [2.05, 4.69) is 14.8 Å². The van der Waals surface area contributed by atoms with Crippen LogP contribution in [0.25, 0.3) is 11.1 Å². The van der Waals surface area contributed by atoms with E-state index in [0.29, 0.717) is 11.4 Å². The molecule has 3 rings (SSSR count). The van der Waals surface area contributed by atoms with Crippen LogP contribution in [0, 0.1) is 0 Å². The number of pyridine rings is 1. The van der Waals surface area contributed by atoms with Gasteiger partial charge >= 0.3 is 0 Å². The van der Waals surface area contributed by atoms with Crippen molar-refractivity contribution in [2.45, 2.75) is 4.90 Å². The lowest BCUT2D eigenvalue weighted by Crippen LogP contribution is -2.14. The molecular weight excluding hydrogens is 356 g/mol. The van der Waals surface area contributed by atoms with Gasteiger partial charge in [0.2, 0.25) is 0 Å². The highest BCUT2D eigenvalue weighted by atomic mass is 32.2. The molecule has 2 aromatic heterocycles. The van der Waals surface area contributed by atoms with Crippen LogP contribution in [0.1, 0.15) is 0 Å². The summed E-state index contributed by atoms with van der Waals surface area (Å²) in [5, 5.41) is 4.11. The van der Waals surface area contributed by atoms with Gasteiger partial charge in [0.05, 0.1) is 32.3 Å². The molecule has 136 valence electrons. The van der Waals surface area contributed by atoms with Crippen molar-refractivity contribution in [1.82, 2.24) is 14.8 Å². The van der Waals surface area contributed by atoms with Gasteiger partial charge in [0.25, 0.3) is 10.0 Å². The zero-order chi connectivity index (χ0) is 18.7. The second-order valence-corrected chi connectivity index (χ2v) is 7.14. The van der Waals surface area contributed by atoms with Crippen molar-refractivity contribution in [1.29, 1.82) is 0 Å². The molecule has 0 amide bonds. The minimum Gasteiger partial charge on any atom is -0.497 e. The fourth-order valence-electron chi connectivity index (χ4n) is 2.43. The maximum atomic E-state index is 12.8. The molecule has 0 aliphatic heterocycles. The SMILES string of the molecule is COc1ccc(OC)c(S(=O)(=O)Nc2cncc(-c3cnn(C)c3)c2)c1. The topological polar surface area (TPSA) is 95.3 Å². The molecule has 9 heteroatoms. The third kappa shape index (κ3) is 3.62. The molecule has 0 saturated heterocycles. The van der Waals surface area contributed by atoms with Crippen LogP contribution >= 0.6 is 0 Å². The smallest absolute Gasteiger partial charge is 0.265 e. The summed E-state index contributed by atoms with van der Waals surface area (Å²) >= 11 is 0. The Morgan fingerprint density at radius 3 is 2.50 bits per heavy atom. The quantitative estimate of drug-likeness (QED) is 0.711. The summed E-state index contributed by atoms with van der Waals surface area (Å²) in [4.78, 5) is 4.08. The number of rotatable bonds is 6. The summed E-state index contributed by atoms with van der Waals surface area (Å²) in [6.45, 7) is 0. The lowest BCUT2D eigenvalue weighted by molar-refractivity contribution is 0.392. The van der Waals surface area contributed by atoms with E-state index in [1.54, 1.807) is 36.3 Å². The van der Waals surface area contributed by atoms with Crippen LogP contribution in [-0.4, -0.2) is 37.4 Å². The molecule has 0 spiro atoms. The first-order valence-corrected chi connectivity index (χ1v) is 9.10. The summed E-state index contributed by atoms with van der Waals surface area (Å²) in [5.41, 5.74) is 1.91. The average molecular weight is 374 g/mol. The van der Waals surface area contributed by atoms with Crippen LogP contribution in [0.3, 0.4) is 0 Å². The highest BCUT2D eigenvalue weighted by Gasteiger charge is 2.21. The molecule has 8 nitrogen and oxygen atoms in total. The normalized spacial score (nSPS) is 11.2. The van der Waals surface area contributed by atoms with E-state index in [1.807, 2.05) is 6.20 Å². The van der Waals surface area contributed by atoms with Crippen LogP contribution < -0.4 is 14.2 Å². The number of ether oxygens (including phenoxy) is 2. The van der Waals surface area contributed by atoms with E-state index in [1.165, 1.54) is 32.5 Å². The Hall–Kier alpha value is -3.07. The first-order chi connectivity index (χ1) is 12.4. The molecular formula is C17H18N4O4S. The Kier molecular flexibility index (Phi) is 4.81. The Morgan fingerprint density at radius 1 is 1.04 bits per heavy atom. The Balaban J connectivity index is 1.95. The van der Waals surface area contributed by atoms with E-state index < -0.39 is 10.0 Å². The van der Waals surface area contributed by atoms with Crippen molar-refractivity contribution in [3.63, 3.8) is 0 Å². The third-order valence-electron chi connectivity index (χ3n) is 3.69. The van der Waals surface area contributed by atoms with Crippen molar-refractivity contribution in [3.05, 3.63) is 49.1 Å². The lowest BCUT2D eigenvalue weighted by Gasteiger charge is -2.13. The first-order valence-electron chi connectivity index (χ1n) is 7.62. The molecule has 0 fully saturated rings. The molecule has 26 heavy (non-hydrogen) atoms. The largest absolute Gasteiger partial charge is 0.497 e. The highest BCUT2D eigenvalue weighted by Crippen LogP contribution is 2.30. The second kappa shape index (κ2) is 7.04. The van der Waals surface area contributed by atoms with Gasteiger partial charge in [0, 0.05) is 36.6 Å². The molecule has 0 radical (unpaired) electrons. The molecule has 1 N–H and O–H groups in total. The van der Waals surface area contributed by atoms with Gasteiger partial charge in [0.15, 0.2) is 0 Å². The minimum absolute atomic E-state index is 0.0221. The Morgan fingerprint density at radius 2 is 1.85 bits per heavy atom. The van der Waals surface area contributed by atoms with Gasteiger partial charge in [-0.25, -0.2) is 8.42 Å². The van der Waals surface area contributed by atoms with Crippen molar-refractivity contribution in [2.75, 3.05) is 18.9 Å². The fourth-order valence-corrected chi connectivity index (χ4v) is 3.65. The van der Waals surface area contributed by atoms with Crippen molar-refractivity contribution in [2.24, 2.45) is 7.05 Å². The number of methoxy groups -OCH3 is 2. The summed E-state index contributed by atoms with van der Waals surface area (Å²) < 4.78 is 40.1. The van der Waals surface area contributed by atoms with Gasteiger partial charge in [0.1, 0.15) is 16.4 Å². The van der Waals surface area contributed by atoms with Crippen LogP contribution in [-0.2, 0) is 17.1 Å². The molecule has 0 saturated carbocycles. The number of aromatic nitrogens is 3. The summed E-state index contributed by atoms with van der Waals surface area (Å²) in [7, 11) is 0.779. The molecule has 0 atom stereocenters. The summed E-state index contributed by atoms with van der Waals surface area (Å²) in [6, 6.07) is 6.26. The van der Waals surface area contributed by atoms with Crippen LogP contribution in [0.4, 0.5) is 5.69 Å². The van der Waals surface area contributed by atoms with E-state index in [4.69, 9.17) is 9.47 Å². The van der Waals surface area contributed by atoms with Crippen LogP contribution in [0.5, 0.6) is 11.5 Å². The van der Waals surface area contributed by atoms with Gasteiger partial charge < -0.3 is 9.47 Å². The zero-order valence-electron chi connectivity index (χ0n) is 14.5. The Labute approximate surface area is 151 Å². The van der Waals surface area contributed by atoms with Crippen LogP contribution in [0.2, 0.25) is 0 Å². The van der Waals surface area contributed by atoms with E-state index in [0.717, 1.165) is 11.1 Å². The van der Waals surface area contributed by atoms with Crippen molar-refractivity contribution in [3.8, 4) is 22.6 Å². The van der Waals surface area contributed by atoms with Gasteiger partial charge in [-0.05, 0) is 18.2 Å². The van der Waals surface area contributed by atoms with Crippen LogP contribution in [0.15, 0.2) is 53.9 Å². The van der Waals surface area contributed by atoms with Crippen molar-refractivity contribution < 1.29 is 17.9 Å². The third-order valence-corrected chi connectivity index (χ3v) is 5.09. The molecule has 2 heterocycles. The van der Waals surface area contributed by atoms with Crippen molar-refractivity contribution >= 4 is 15.7 Å². The summed E-state index contributed by atoms with van der Waals surface area (Å²) in [5.74, 6) is 0.628. The summed E-state index contributed by atoms with van der Waals surface area (Å²) in [6.07, 6.45) is 6.58. The fraction of sp³-hybridized carbons (Fsp3) is 0.176. The maximum Gasteiger partial charge on any atom is 0.265 e. The number of benzene rings is 1. The highest BCUT2D eigenvalue weighted by molar-refractivity contribution is 7.92. The minimum atomic E-state index is -3.90. The number of sulfonamides is 1. The standard InChI is InChI=1S/C17H18N4O4S/c1-21-11-13(9-19-21)12-6-14(10-18-8-12)20-26(22,23)17-7-15(24-2)4-5-16(17)25-3/h4-11,20H,1-3H3. The molecule has 0 bridgehead atoms. The molecule has 3 aromatic rings. The predicted molar refractivity (Wildman–Crippen MR) is 96.8 cm³/mol. The number of nitrogens with zero attached hydrogens (tertiary/aromatic N) is 3. The number of nitrogens with one attached hydrogen (secondary N) is 1. The lowest BCUT2D eigenvalue weighted by atomic mass is 10.1. The maximum absolute atomic E-state index is 12.8. The van der Waals surface area contributed by atoms with Gasteiger partial charge in [-0.15, -0.1) is 0 Å². The van der Waals surface area contributed by atoms with Gasteiger partial charge in [-0.1, -0.05) is 0 Å². The molecule has 1 aromatic carbocycles. The number of hydrogen-bond donors (Lipinski definition) is 1. The first kappa shape index (κ1) is 17.7. The molecule has 0 aliphatic carbocycles. The number of aryl methyl sites for hydroxylation is 1. The molecule has 0 aliphatic rings. The monoisotopic (exact) mass is 374 g/mol. The predicted octanol–water partition coefficient (Wildman–Crippen LogP) is 2.30. The van der Waals surface area contributed by atoms with E-state index in [9.17, 15) is 8.42 Å². The van der Waals surface area contributed by atoms with E-state index in [-0.39, 0.29) is 10.6 Å². The van der Waals surface area contributed by atoms with Gasteiger partial charge in [-0.2, -0.15) is 5.10 Å².